The molecule has 0 atom stereocenters. The van der Waals surface area contributed by atoms with Crippen LogP contribution >= 0.6 is 0 Å². The third kappa shape index (κ3) is 3.15. The number of hydrogen-bond donors (Lipinski definition) is 0. The lowest BCUT2D eigenvalue weighted by molar-refractivity contribution is 0.874. The van der Waals surface area contributed by atoms with Crippen molar-refractivity contribution >= 4 is 17.1 Å². The fourth-order valence-corrected chi connectivity index (χ4v) is 3.14. The molecule has 0 radical (unpaired) electrons. The lowest BCUT2D eigenvalue weighted by Gasteiger charge is -2.30. The number of aliphatic imine (C=N–C) groups is 1. The summed E-state index contributed by atoms with van der Waals surface area (Å²) >= 11 is 0. The van der Waals surface area contributed by atoms with Crippen LogP contribution in [0.2, 0.25) is 0 Å². The van der Waals surface area contributed by atoms with Gasteiger partial charge in [0, 0.05) is 6.54 Å². The summed E-state index contributed by atoms with van der Waals surface area (Å²) in [6, 6.07) is 28.6. The van der Waals surface area contributed by atoms with Crippen LogP contribution in [-0.2, 0) is 6.54 Å². The van der Waals surface area contributed by atoms with Gasteiger partial charge in [-0.3, -0.25) is 0 Å². The van der Waals surface area contributed by atoms with Crippen molar-refractivity contribution in [1.29, 1.82) is 5.26 Å². The van der Waals surface area contributed by atoms with Crippen molar-refractivity contribution in [3.05, 3.63) is 95.6 Å². The highest BCUT2D eigenvalue weighted by atomic mass is 15.2. The first-order chi connectivity index (χ1) is 12.3. The Bertz CT molecular complexity index is 968. The minimum absolute atomic E-state index is 0.661. The summed E-state index contributed by atoms with van der Waals surface area (Å²) in [6.07, 6.45) is 0. The van der Waals surface area contributed by atoms with Crippen molar-refractivity contribution in [1.82, 2.24) is 0 Å². The Balaban J connectivity index is 1.73. The van der Waals surface area contributed by atoms with Gasteiger partial charge in [0.1, 0.15) is 0 Å². The van der Waals surface area contributed by atoms with Gasteiger partial charge in [-0.2, -0.15) is 5.26 Å². The Kier molecular flexibility index (Phi) is 4.02. The van der Waals surface area contributed by atoms with Gasteiger partial charge in [-0.1, -0.05) is 54.6 Å². The molecule has 0 spiro atoms. The Morgan fingerprint density at radius 2 is 1.72 bits per heavy atom. The first kappa shape index (κ1) is 15.2. The number of para-hydroxylation sites is 2. The molecular formula is C22H17N3. The van der Waals surface area contributed by atoms with Gasteiger partial charge in [0.2, 0.25) is 0 Å². The van der Waals surface area contributed by atoms with Crippen molar-refractivity contribution in [2.75, 3.05) is 11.4 Å². The van der Waals surface area contributed by atoms with Gasteiger partial charge < -0.3 is 4.90 Å². The van der Waals surface area contributed by atoms with Gasteiger partial charge in [-0.25, -0.2) is 4.99 Å². The minimum atomic E-state index is 0.661. The summed E-state index contributed by atoms with van der Waals surface area (Å²) in [6.45, 7) is 1.55. The standard InChI is InChI=1S/C22H17N3/c23-14-18-9-6-10-19(13-18)21-16-25(15-17-7-2-1-3-8-17)22-12-5-4-11-20(22)24-21/h1-13H,15-16H2. The van der Waals surface area contributed by atoms with Gasteiger partial charge in [-0.05, 0) is 35.4 Å². The van der Waals surface area contributed by atoms with E-state index in [1.165, 1.54) is 5.56 Å². The normalized spacial score (nSPS) is 12.9. The molecule has 0 unspecified atom stereocenters. The van der Waals surface area contributed by atoms with E-state index in [0.29, 0.717) is 5.56 Å². The van der Waals surface area contributed by atoms with E-state index in [2.05, 4.69) is 41.3 Å². The molecule has 3 aromatic carbocycles. The van der Waals surface area contributed by atoms with Gasteiger partial charge in [0.25, 0.3) is 0 Å². The van der Waals surface area contributed by atoms with E-state index in [0.717, 1.165) is 35.7 Å². The smallest absolute Gasteiger partial charge is 0.0991 e. The highest BCUT2D eigenvalue weighted by Crippen LogP contribution is 2.34. The maximum atomic E-state index is 9.16. The summed E-state index contributed by atoms with van der Waals surface area (Å²) in [4.78, 5) is 7.19. The number of nitrogens with zero attached hydrogens (tertiary/aromatic N) is 3. The molecule has 1 aliphatic rings. The zero-order chi connectivity index (χ0) is 17.1. The molecule has 0 fully saturated rings. The SMILES string of the molecule is N#Cc1cccc(C2=Nc3ccccc3N(Cc3ccccc3)C2)c1. The highest BCUT2D eigenvalue weighted by Gasteiger charge is 2.20. The molecule has 3 nitrogen and oxygen atoms in total. The Morgan fingerprint density at radius 3 is 2.56 bits per heavy atom. The van der Waals surface area contributed by atoms with Crippen molar-refractivity contribution in [3.63, 3.8) is 0 Å². The van der Waals surface area contributed by atoms with Crippen LogP contribution in [0.4, 0.5) is 11.4 Å². The third-order valence-corrected chi connectivity index (χ3v) is 4.36. The molecule has 0 aromatic heterocycles. The predicted molar refractivity (Wildman–Crippen MR) is 101 cm³/mol. The number of fused-ring (bicyclic) bond motifs is 1. The van der Waals surface area contributed by atoms with E-state index in [4.69, 9.17) is 10.3 Å². The zero-order valence-corrected chi connectivity index (χ0v) is 13.8. The Morgan fingerprint density at radius 1 is 0.920 bits per heavy atom. The lowest BCUT2D eigenvalue weighted by atomic mass is 10.0. The second-order valence-electron chi connectivity index (χ2n) is 6.08. The number of rotatable bonds is 3. The molecule has 0 saturated carbocycles. The average Bonchev–Trinajstić information content (AvgIpc) is 2.69. The van der Waals surface area contributed by atoms with Crippen LogP contribution in [0.3, 0.4) is 0 Å². The molecule has 1 heterocycles. The number of anilines is 1. The van der Waals surface area contributed by atoms with Crippen LogP contribution in [0.1, 0.15) is 16.7 Å². The summed E-state index contributed by atoms with van der Waals surface area (Å²) < 4.78 is 0. The fraction of sp³-hybridized carbons (Fsp3) is 0.0909. The molecule has 0 amide bonds. The monoisotopic (exact) mass is 323 g/mol. The first-order valence-electron chi connectivity index (χ1n) is 8.29. The van der Waals surface area contributed by atoms with Crippen molar-refractivity contribution in [2.45, 2.75) is 6.54 Å². The van der Waals surface area contributed by atoms with Gasteiger partial charge >= 0.3 is 0 Å². The van der Waals surface area contributed by atoms with Crippen LogP contribution < -0.4 is 4.90 Å². The molecule has 3 aromatic rings. The Hall–Kier alpha value is -3.38. The molecule has 3 heteroatoms. The molecule has 25 heavy (non-hydrogen) atoms. The maximum Gasteiger partial charge on any atom is 0.0991 e. The number of hydrogen-bond acceptors (Lipinski definition) is 3. The number of benzene rings is 3. The van der Waals surface area contributed by atoms with Crippen molar-refractivity contribution < 1.29 is 0 Å². The van der Waals surface area contributed by atoms with Gasteiger partial charge in [-0.15, -0.1) is 0 Å². The molecule has 0 N–H and O–H groups in total. The van der Waals surface area contributed by atoms with E-state index >= 15 is 0 Å². The summed E-state index contributed by atoms with van der Waals surface area (Å²) in [5.74, 6) is 0. The quantitative estimate of drug-likeness (QED) is 0.701. The zero-order valence-electron chi connectivity index (χ0n) is 13.8. The average molecular weight is 323 g/mol. The maximum absolute atomic E-state index is 9.16. The summed E-state index contributed by atoms with van der Waals surface area (Å²) in [5, 5.41) is 9.16. The molecule has 120 valence electrons. The van der Waals surface area contributed by atoms with Crippen LogP contribution in [0.15, 0.2) is 83.9 Å². The second kappa shape index (κ2) is 6.62. The topological polar surface area (TPSA) is 39.4 Å². The second-order valence-corrected chi connectivity index (χ2v) is 6.08. The van der Waals surface area contributed by atoms with E-state index in [1.807, 2.05) is 48.5 Å². The van der Waals surface area contributed by atoms with E-state index < -0.39 is 0 Å². The summed E-state index contributed by atoms with van der Waals surface area (Å²) in [7, 11) is 0. The van der Waals surface area contributed by atoms with Crippen molar-refractivity contribution in [3.8, 4) is 6.07 Å². The Labute approximate surface area is 147 Å². The van der Waals surface area contributed by atoms with Gasteiger partial charge in [0.15, 0.2) is 0 Å². The third-order valence-electron chi connectivity index (χ3n) is 4.36. The van der Waals surface area contributed by atoms with E-state index in [-0.39, 0.29) is 0 Å². The van der Waals surface area contributed by atoms with E-state index in [9.17, 15) is 0 Å². The molecule has 0 aliphatic carbocycles. The van der Waals surface area contributed by atoms with Crippen LogP contribution in [0.5, 0.6) is 0 Å². The lowest BCUT2D eigenvalue weighted by Crippen LogP contribution is -2.32. The number of nitriles is 1. The molecule has 4 rings (SSSR count). The molecule has 0 bridgehead atoms. The molecular weight excluding hydrogens is 306 g/mol. The van der Waals surface area contributed by atoms with E-state index in [1.54, 1.807) is 0 Å². The summed E-state index contributed by atoms with van der Waals surface area (Å²) in [5.41, 5.74) is 6.05. The molecule has 0 saturated heterocycles. The highest BCUT2D eigenvalue weighted by molar-refractivity contribution is 6.07. The first-order valence-corrected chi connectivity index (χ1v) is 8.29. The van der Waals surface area contributed by atoms with Crippen molar-refractivity contribution in [2.24, 2.45) is 4.99 Å². The van der Waals surface area contributed by atoms with Crippen LogP contribution in [0, 0.1) is 11.3 Å². The van der Waals surface area contributed by atoms with Gasteiger partial charge in [0.05, 0.1) is 35.3 Å². The molecule has 1 aliphatic heterocycles. The largest absolute Gasteiger partial charge is 0.360 e. The van der Waals surface area contributed by atoms with Crippen LogP contribution in [0.25, 0.3) is 0 Å². The van der Waals surface area contributed by atoms with Crippen LogP contribution in [-0.4, -0.2) is 12.3 Å². The fourth-order valence-electron chi connectivity index (χ4n) is 3.14. The minimum Gasteiger partial charge on any atom is -0.360 e. The predicted octanol–water partition coefficient (Wildman–Crippen LogP) is 4.70.